The third-order valence-electron chi connectivity index (χ3n) is 2.03. The molecule has 0 radical (unpaired) electrons. The molecular formula is C12H14. The molecule has 1 rings (SSSR count). The summed E-state index contributed by atoms with van der Waals surface area (Å²) < 4.78 is 0. The van der Waals surface area contributed by atoms with Crippen LogP contribution in [0.15, 0.2) is 43.5 Å². The molecule has 0 heteroatoms. The highest BCUT2D eigenvalue weighted by molar-refractivity contribution is 5.48. The lowest BCUT2D eigenvalue weighted by Gasteiger charge is -2.06. The molecule has 12 heavy (non-hydrogen) atoms. The summed E-state index contributed by atoms with van der Waals surface area (Å²) in [5.74, 6) is 0.421. The van der Waals surface area contributed by atoms with Crippen LogP contribution in [-0.2, 0) is 0 Å². The summed E-state index contributed by atoms with van der Waals surface area (Å²) in [4.78, 5) is 0. The molecule has 0 N–H and O–H groups in total. The van der Waals surface area contributed by atoms with Gasteiger partial charge in [0.25, 0.3) is 0 Å². The zero-order valence-corrected chi connectivity index (χ0v) is 7.46. The molecule has 0 saturated heterocycles. The van der Waals surface area contributed by atoms with Crippen LogP contribution in [0.1, 0.15) is 24.0 Å². The third kappa shape index (κ3) is 1.85. The smallest absolute Gasteiger partial charge is 0.00129 e. The molecule has 1 aromatic carbocycles. The van der Waals surface area contributed by atoms with Crippen LogP contribution in [0, 0.1) is 0 Å². The molecule has 0 nitrogen and oxygen atoms in total. The van der Waals surface area contributed by atoms with Crippen LogP contribution in [0.3, 0.4) is 0 Å². The van der Waals surface area contributed by atoms with Gasteiger partial charge in [0.05, 0.1) is 0 Å². The van der Waals surface area contributed by atoms with E-state index in [1.807, 2.05) is 24.3 Å². The Labute approximate surface area is 74.2 Å². The molecule has 0 aliphatic carbocycles. The molecule has 0 aliphatic rings. The number of allylic oxidation sites excluding steroid dienone is 1. The Bertz CT molecular complexity index is 284. The Balaban J connectivity index is 3.00. The minimum Gasteiger partial charge on any atom is -0.102 e. The van der Waals surface area contributed by atoms with Crippen LogP contribution in [-0.4, -0.2) is 0 Å². The minimum absolute atomic E-state index is 0.421. The average molecular weight is 158 g/mol. The van der Waals surface area contributed by atoms with Crippen molar-refractivity contribution in [2.45, 2.75) is 12.8 Å². The normalized spacial score (nSPS) is 12.1. The maximum absolute atomic E-state index is 3.77. The van der Waals surface area contributed by atoms with Crippen LogP contribution < -0.4 is 0 Å². The zero-order valence-electron chi connectivity index (χ0n) is 7.46. The first-order chi connectivity index (χ1) is 5.77. The summed E-state index contributed by atoms with van der Waals surface area (Å²) >= 11 is 0. The Morgan fingerprint density at radius 2 is 2.08 bits per heavy atom. The van der Waals surface area contributed by atoms with Crippen LogP contribution in [0.4, 0.5) is 0 Å². The second-order valence-electron chi connectivity index (χ2n) is 2.90. The summed E-state index contributed by atoms with van der Waals surface area (Å²) in [6.07, 6.45) is 3.81. The highest BCUT2D eigenvalue weighted by Gasteiger charge is 1.99. The molecule has 0 bridgehead atoms. The van der Waals surface area contributed by atoms with Crippen LogP contribution in [0.25, 0.3) is 6.08 Å². The first kappa shape index (κ1) is 8.79. The van der Waals surface area contributed by atoms with Gasteiger partial charge >= 0.3 is 0 Å². The second-order valence-corrected chi connectivity index (χ2v) is 2.90. The van der Waals surface area contributed by atoms with E-state index < -0.39 is 0 Å². The van der Waals surface area contributed by atoms with E-state index in [1.165, 1.54) is 11.1 Å². The average Bonchev–Trinajstić information content (AvgIpc) is 2.17. The van der Waals surface area contributed by atoms with Gasteiger partial charge in [-0.2, -0.15) is 0 Å². The summed E-state index contributed by atoms with van der Waals surface area (Å²) in [5, 5.41) is 0. The molecule has 0 saturated carbocycles. The fourth-order valence-corrected chi connectivity index (χ4v) is 1.11. The van der Waals surface area contributed by atoms with Crippen molar-refractivity contribution in [3.63, 3.8) is 0 Å². The van der Waals surface area contributed by atoms with Crippen molar-refractivity contribution in [3.8, 4) is 0 Å². The van der Waals surface area contributed by atoms with Gasteiger partial charge in [-0.1, -0.05) is 49.9 Å². The van der Waals surface area contributed by atoms with Gasteiger partial charge in [-0.25, -0.2) is 0 Å². The predicted molar refractivity (Wildman–Crippen MR) is 55.1 cm³/mol. The van der Waals surface area contributed by atoms with Crippen LogP contribution >= 0.6 is 0 Å². The molecule has 1 aromatic rings. The molecule has 0 aromatic heterocycles. The third-order valence-corrected chi connectivity index (χ3v) is 2.03. The van der Waals surface area contributed by atoms with E-state index in [2.05, 4.69) is 32.2 Å². The molecule has 0 amide bonds. The fourth-order valence-electron chi connectivity index (χ4n) is 1.11. The molecular weight excluding hydrogens is 144 g/mol. The molecule has 0 heterocycles. The van der Waals surface area contributed by atoms with Gasteiger partial charge < -0.3 is 0 Å². The van der Waals surface area contributed by atoms with Crippen molar-refractivity contribution in [2.24, 2.45) is 0 Å². The first-order valence-electron chi connectivity index (χ1n) is 4.13. The highest BCUT2D eigenvalue weighted by atomic mass is 14.0. The Hall–Kier alpha value is -1.30. The van der Waals surface area contributed by atoms with Gasteiger partial charge in [0.2, 0.25) is 0 Å². The number of benzene rings is 1. The lowest BCUT2D eigenvalue weighted by Crippen LogP contribution is -1.88. The van der Waals surface area contributed by atoms with E-state index in [4.69, 9.17) is 0 Å². The summed E-state index contributed by atoms with van der Waals surface area (Å²) in [7, 11) is 0. The number of hydrogen-bond donors (Lipinski definition) is 0. The van der Waals surface area contributed by atoms with E-state index in [0.717, 1.165) is 0 Å². The van der Waals surface area contributed by atoms with Gasteiger partial charge in [0.15, 0.2) is 0 Å². The van der Waals surface area contributed by atoms with E-state index in [0.29, 0.717) is 5.92 Å². The van der Waals surface area contributed by atoms with E-state index >= 15 is 0 Å². The lowest BCUT2D eigenvalue weighted by molar-refractivity contribution is 0.970. The summed E-state index contributed by atoms with van der Waals surface area (Å²) in [6.45, 7) is 9.63. The van der Waals surface area contributed by atoms with E-state index in [9.17, 15) is 0 Å². The molecule has 0 spiro atoms. The number of hydrogen-bond acceptors (Lipinski definition) is 0. The standard InChI is InChI=1S/C12H14/c1-4-10(3)12-8-6-7-11(5-2)9-12/h4-10H,1-2H2,3H3. The molecule has 62 valence electrons. The zero-order chi connectivity index (χ0) is 8.97. The molecule has 1 unspecified atom stereocenters. The van der Waals surface area contributed by atoms with Crippen molar-refractivity contribution < 1.29 is 0 Å². The highest BCUT2D eigenvalue weighted by Crippen LogP contribution is 2.17. The quantitative estimate of drug-likeness (QED) is 0.589. The predicted octanol–water partition coefficient (Wildman–Crippen LogP) is 3.62. The first-order valence-corrected chi connectivity index (χ1v) is 4.13. The van der Waals surface area contributed by atoms with E-state index in [1.54, 1.807) is 0 Å². The second kappa shape index (κ2) is 3.91. The summed E-state index contributed by atoms with van der Waals surface area (Å²) in [5.41, 5.74) is 2.46. The fraction of sp³-hybridized carbons (Fsp3) is 0.167. The topological polar surface area (TPSA) is 0 Å². The Morgan fingerprint density at radius 1 is 1.33 bits per heavy atom. The van der Waals surface area contributed by atoms with Gasteiger partial charge in [-0.15, -0.1) is 6.58 Å². The monoisotopic (exact) mass is 158 g/mol. The van der Waals surface area contributed by atoms with Gasteiger partial charge in [0.1, 0.15) is 0 Å². The van der Waals surface area contributed by atoms with Crippen molar-refractivity contribution in [2.75, 3.05) is 0 Å². The minimum atomic E-state index is 0.421. The molecule has 0 fully saturated rings. The van der Waals surface area contributed by atoms with Crippen LogP contribution in [0.2, 0.25) is 0 Å². The maximum Gasteiger partial charge on any atom is -0.00129 e. The summed E-state index contributed by atoms with van der Waals surface area (Å²) in [6, 6.07) is 8.34. The SMILES string of the molecule is C=Cc1cccc(C(C)C=C)c1. The maximum atomic E-state index is 3.77. The van der Waals surface area contributed by atoms with Crippen molar-refractivity contribution in [3.05, 3.63) is 54.6 Å². The Morgan fingerprint density at radius 3 is 2.67 bits per heavy atom. The van der Waals surface area contributed by atoms with Gasteiger partial charge in [-0.05, 0) is 17.0 Å². The molecule has 1 atom stereocenters. The molecule has 0 aliphatic heterocycles. The van der Waals surface area contributed by atoms with Crippen molar-refractivity contribution in [1.29, 1.82) is 0 Å². The van der Waals surface area contributed by atoms with Crippen LogP contribution in [0.5, 0.6) is 0 Å². The number of rotatable bonds is 3. The van der Waals surface area contributed by atoms with Gasteiger partial charge in [0, 0.05) is 0 Å². The Kier molecular flexibility index (Phi) is 2.87. The lowest BCUT2D eigenvalue weighted by atomic mass is 9.99. The largest absolute Gasteiger partial charge is 0.102 e. The van der Waals surface area contributed by atoms with E-state index in [-0.39, 0.29) is 0 Å². The van der Waals surface area contributed by atoms with Crippen molar-refractivity contribution >= 4 is 6.08 Å². The van der Waals surface area contributed by atoms with Crippen molar-refractivity contribution in [1.82, 2.24) is 0 Å². The van der Waals surface area contributed by atoms with Gasteiger partial charge in [-0.3, -0.25) is 0 Å².